The van der Waals surface area contributed by atoms with E-state index in [4.69, 9.17) is 4.42 Å². The molecule has 10 rings (SSSR count). The molecule has 0 saturated heterocycles. The fourth-order valence-electron chi connectivity index (χ4n) is 8.08. The third kappa shape index (κ3) is 6.04. The highest BCUT2D eigenvalue weighted by Crippen LogP contribution is 2.48. The van der Waals surface area contributed by atoms with Crippen LogP contribution in [0.5, 0.6) is 0 Å². The topological polar surface area (TPSA) is 16.4 Å². The Hall–Kier alpha value is -7.42. The number of fused-ring (bicyclic) bond motifs is 3. The minimum absolute atomic E-state index is 0.861. The van der Waals surface area contributed by atoms with Gasteiger partial charge in [-0.05, 0) is 86.5 Å². The van der Waals surface area contributed by atoms with Gasteiger partial charge in [-0.15, -0.1) is 0 Å². The maximum Gasteiger partial charge on any atom is 0.137 e. The summed E-state index contributed by atoms with van der Waals surface area (Å²) in [7, 11) is 0. The van der Waals surface area contributed by atoms with E-state index < -0.39 is 0 Å². The molecule has 0 amide bonds. The second-order valence-corrected chi connectivity index (χ2v) is 14.0. The quantitative estimate of drug-likeness (QED) is 0.156. The van der Waals surface area contributed by atoms with Crippen molar-refractivity contribution in [3.05, 3.63) is 224 Å². The lowest BCUT2D eigenvalue weighted by Crippen LogP contribution is -2.11. The third-order valence-electron chi connectivity index (χ3n) is 10.7. The van der Waals surface area contributed by atoms with Gasteiger partial charge in [0.1, 0.15) is 11.2 Å². The fourth-order valence-corrected chi connectivity index (χ4v) is 8.08. The Morgan fingerprint density at radius 2 is 0.696 bits per heavy atom. The highest BCUT2D eigenvalue weighted by molar-refractivity contribution is 6.14. The summed E-state index contributed by atoms with van der Waals surface area (Å²) in [4.78, 5) is 2.40. The molecule has 0 unspecified atom stereocenters. The highest BCUT2D eigenvalue weighted by Gasteiger charge is 2.23. The van der Waals surface area contributed by atoms with E-state index in [9.17, 15) is 0 Å². The monoisotopic (exact) mass is 715 g/mol. The zero-order valence-electron chi connectivity index (χ0n) is 30.7. The van der Waals surface area contributed by atoms with Crippen LogP contribution in [0.25, 0.3) is 77.6 Å². The van der Waals surface area contributed by atoms with E-state index in [0.717, 1.165) is 50.1 Å². The molecule has 0 saturated carbocycles. The molecule has 1 heterocycles. The Morgan fingerprint density at radius 3 is 1.36 bits per heavy atom. The van der Waals surface area contributed by atoms with Crippen molar-refractivity contribution >= 4 is 39.0 Å². The lowest BCUT2D eigenvalue weighted by atomic mass is 9.88. The summed E-state index contributed by atoms with van der Waals surface area (Å²) < 4.78 is 6.44. The number of furan rings is 1. The molecule has 264 valence electrons. The van der Waals surface area contributed by atoms with Crippen molar-refractivity contribution in [3.63, 3.8) is 0 Å². The summed E-state index contributed by atoms with van der Waals surface area (Å²) in [6.45, 7) is 0. The normalized spacial score (nSPS) is 11.2. The molecule has 0 aliphatic rings. The second-order valence-electron chi connectivity index (χ2n) is 14.0. The maximum atomic E-state index is 6.44. The van der Waals surface area contributed by atoms with Gasteiger partial charge in [0.05, 0.1) is 16.8 Å². The van der Waals surface area contributed by atoms with Gasteiger partial charge in [0.25, 0.3) is 0 Å². The van der Waals surface area contributed by atoms with Crippen molar-refractivity contribution in [3.8, 4) is 55.6 Å². The summed E-state index contributed by atoms with van der Waals surface area (Å²) in [5, 5.41) is 2.18. The molecule has 2 heteroatoms. The zero-order chi connectivity index (χ0) is 37.3. The van der Waals surface area contributed by atoms with Gasteiger partial charge in [-0.3, -0.25) is 0 Å². The Balaban J connectivity index is 1.15. The Kier molecular flexibility index (Phi) is 8.55. The van der Waals surface area contributed by atoms with Crippen LogP contribution in [0, 0.1) is 0 Å². The first-order valence-electron chi connectivity index (χ1n) is 19.1. The Morgan fingerprint density at radius 1 is 0.268 bits per heavy atom. The highest BCUT2D eigenvalue weighted by atomic mass is 16.3. The average molecular weight is 716 g/mol. The smallest absolute Gasteiger partial charge is 0.137 e. The van der Waals surface area contributed by atoms with E-state index in [1.807, 2.05) is 6.07 Å². The summed E-state index contributed by atoms with van der Waals surface area (Å²) >= 11 is 0. The van der Waals surface area contributed by atoms with Crippen molar-refractivity contribution in [1.82, 2.24) is 0 Å². The summed E-state index contributed by atoms with van der Waals surface area (Å²) in [6, 6.07) is 80.1. The molecular formula is C54H37NO. The predicted octanol–water partition coefficient (Wildman–Crippen LogP) is 15.4. The van der Waals surface area contributed by atoms with Crippen molar-refractivity contribution in [2.24, 2.45) is 0 Å². The molecule has 9 aromatic carbocycles. The minimum Gasteiger partial charge on any atom is -0.456 e. The van der Waals surface area contributed by atoms with Crippen molar-refractivity contribution in [1.29, 1.82) is 0 Å². The molecule has 56 heavy (non-hydrogen) atoms. The summed E-state index contributed by atoms with van der Waals surface area (Å²) in [6.07, 6.45) is 0. The van der Waals surface area contributed by atoms with Crippen LogP contribution in [0.1, 0.15) is 0 Å². The van der Waals surface area contributed by atoms with Gasteiger partial charge < -0.3 is 9.32 Å². The van der Waals surface area contributed by atoms with Crippen molar-refractivity contribution in [2.45, 2.75) is 0 Å². The van der Waals surface area contributed by atoms with E-state index >= 15 is 0 Å². The lowest BCUT2D eigenvalue weighted by molar-refractivity contribution is 0.669. The third-order valence-corrected chi connectivity index (χ3v) is 10.7. The predicted molar refractivity (Wildman–Crippen MR) is 236 cm³/mol. The molecule has 0 atom stereocenters. The van der Waals surface area contributed by atoms with Crippen molar-refractivity contribution in [2.75, 3.05) is 4.90 Å². The van der Waals surface area contributed by atoms with Crippen molar-refractivity contribution < 1.29 is 4.42 Å². The summed E-state index contributed by atoms with van der Waals surface area (Å²) in [5.41, 5.74) is 16.8. The van der Waals surface area contributed by atoms with Crippen LogP contribution in [0.4, 0.5) is 17.1 Å². The van der Waals surface area contributed by atoms with Crippen LogP contribution < -0.4 is 4.90 Å². The summed E-state index contributed by atoms with van der Waals surface area (Å²) in [5.74, 6) is 0. The largest absolute Gasteiger partial charge is 0.456 e. The van der Waals surface area contributed by atoms with Gasteiger partial charge in [0.2, 0.25) is 0 Å². The van der Waals surface area contributed by atoms with Crippen LogP contribution in [0.2, 0.25) is 0 Å². The first-order valence-corrected chi connectivity index (χ1v) is 19.1. The number of anilines is 3. The second kappa shape index (κ2) is 14.4. The molecule has 2 nitrogen and oxygen atoms in total. The van der Waals surface area contributed by atoms with Gasteiger partial charge >= 0.3 is 0 Å². The van der Waals surface area contributed by atoms with Gasteiger partial charge in [0.15, 0.2) is 0 Å². The SMILES string of the molecule is c1ccc(-c2ccc(-c3ccccc3-c3ccccc3-c3ccccc3N(c3ccc(-c4ccccc4)cc3)c3cccc4oc5ccccc5c34)cc2)cc1. The Bertz CT molecular complexity index is 2940. The molecular weight excluding hydrogens is 679 g/mol. The van der Waals surface area contributed by atoms with E-state index in [1.54, 1.807) is 0 Å². The number of nitrogens with zero attached hydrogens (tertiary/aromatic N) is 1. The number of para-hydroxylation sites is 2. The average Bonchev–Trinajstić information content (AvgIpc) is 3.67. The molecule has 0 N–H and O–H groups in total. The molecule has 0 bridgehead atoms. The minimum atomic E-state index is 0.861. The molecule has 0 aliphatic carbocycles. The van der Waals surface area contributed by atoms with Crippen LogP contribution in [-0.2, 0) is 0 Å². The van der Waals surface area contributed by atoms with Crippen LogP contribution >= 0.6 is 0 Å². The zero-order valence-corrected chi connectivity index (χ0v) is 30.7. The van der Waals surface area contributed by atoms with Gasteiger partial charge in [-0.2, -0.15) is 0 Å². The fraction of sp³-hybridized carbons (Fsp3) is 0. The Labute approximate surface area is 327 Å². The van der Waals surface area contributed by atoms with Gasteiger partial charge in [-0.25, -0.2) is 0 Å². The first kappa shape index (κ1) is 33.2. The number of benzene rings is 9. The van der Waals surface area contributed by atoms with E-state index in [1.165, 1.54) is 44.5 Å². The van der Waals surface area contributed by atoms with E-state index in [0.29, 0.717) is 0 Å². The molecule has 10 aromatic rings. The van der Waals surface area contributed by atoms with Gasteiger partial charge in [-0.1, -0.05) is 188 Å². The lowest BCUT2D eigenvalue weighted by Gasteiger charge is -2.29. The number of rotatable bonds is 8. The van der Waals surface area contributed by atoms with Crippen LogP contribution in [-0.4, -0.2) is 0 Å². The molecule has 0 spiro atoms. The van der Waals surface area contributed by atoms with Gasteiger partial charge in [0, 0.05) is 16.6 Å². The molecule has 0 fully saturated rings. The molecule has 0 radical (unpaired) electrons. The maximum absolute atomic E-state index is 6.44. The first-order chi connectivity index (χ1) is 27.8. The molecule has 1 aromatic heterocycles. The number of hydrogen-bond donors (Lipinski definition) is 0. The standard InChI is InChI=1S/C54H37NO/c1-3-16-38(17-4-1)40-30-32-42(33-31-40)44-20-7-8-21-45(44)46-22-9-10-23-47(46)48-24-11-13-26-50(48)55(43-36-34-41(35-37-43)39-18-5-2-6-19-39)51-27-15-29-53-54(51)49-25-12-14-28-52(49)56-53/h1-37H. The van der Waals surface area contributed by atoms with Crippen LogP contribution in [0.3, 0.4) is 0 Å². The number of hydrogen-bond acceptors (Lipinski definition) is 2. The molecule has 0 aliphatic heterocycles. The van der Waals surface area contributed by atoms with Crippen LogP contribution in [0.15, 0.2) is 229 Å². The van der Waals surface area contributed by atoms with E-state index in [-0.39, 0.29) is 0 Å². The van der Waals surface area contributed by atoms with E-state index in [2.05, 4.69) is 223 Å².